The first kappa shape index (κ1) is 27.4. The van der Waals surface area contributed by atoms with Crippen LogP contribution in [0.25, 0.3) is 0 Å². The predicted molar refractivity (Wildman–Crippen MR) is 145 cm³/mol. The van der Waals surface area contributed by atoms with Gasteiger partial charge in [-0.1, -0.05) is 48.7 Å². The average molecular weight is 563 g/mol. The van der Waals surface area contributed by atoms with Crippen LogP contribution in [0.15, 0.2) is 58.3 Å². The van der Waals surface area contributed by atoms with E-state index in [4.69, 9.17) is 32.7 Å². The molecular formula is C28H29Cl2NO5S. The number of carbonyl (C=O) groups is 3. The van der Waals surface area contributed by atoms with Gasteiger partial charge in [-0.3, -0.25) is 9.59 Å². The van der Waals surface area contributed by atoms with E-state index in [2.05, 4.69) is 5.32 Å². The summed E-state index contributed by atoms with van der Waals surface area (Å²) in [6.07, 6.45) is 1.71. The lowest BCUT2D eigenvalue weighted by atomic mass is 9.68. The third kappa shape index (κ3) is 5.22. The molecule has 0 saturated carbocycles. The van der Waals surface area contributed by atoms with Crippen molar-refractivity contribution >= 4 is 52.3 Å². The number of allylic oxidation sites excluding steroid dienone is 3. The summed E-state index contributed by atoms with van der Waals surface area (Å²) in [7, 11) is 0. The van der Waals surface area contributed by atoms with Crippen LogP contribution >= 0.6 is 34.5 Å². The molecule has 1 aromatic carbocycles. The lowest BCUT2D eigenvalue weighted by Gasteiger charge is -2.40. The van der Waals surface area contributed by atoms with Gasteiger partial charge in [-0.25, -0.2) is 4.79 Å². The predicted octanol–water partition coefficient (Wildman–Crippen LogP) is 6.55. The zero-order valence-corrected chi connectivity index (χ0v) is 23.3. The van der Waals surface area contributed by atoms with Crippen molar-refractivity contribution in [2.45, 2.75) is 51.9 Å². The third-order valence-corrected chi connectivity index (χ3v) is 8.30. The largest absolute Gasteiger partial charge is 0.465 e. The van der Waals surface area contributed by atoms with E-state index in [9.17, 15) is 14.4 Å². The fourth-order valence-corrected chi connectivity index (χ4v) is 6.67. The maximum atomic E-state index is 14.3. The van der Waals surface area contributed by atoms with Crippen LogP contribution in [0, 0.1) is 5.92 Å². The van der Waals surface area contributed by atoms with Gasteiger partial charge in [0.05, 0.1) is 24.7 Å². The van der Waals surface area contributed by atoms with Crippen molar-refractivity contribution in [2.24, 2.45) is 5.92 Å². The molecule has 3 atom stereocenters. The Morgan fingerprint density at radius 2 is 1.76 bits per heavy atom. The molecule has 2 aliphatic rings. The van der Waals surface area contributed by atoms with Gasteiger partial charge in [0.2, 0.25) is 0 Å². The van der Waals surface area contributed by atoms with Crippen LogP contribution < -0.4 is 5.32 Å². The molecule has 2 aromatic rings. The number of esters is 2. The summed E-state index contributed by atoms with van der Waals surface area (Å²) in [5, 5.41) is 5.97. The van der Waals surface area contributed by atoms with Crippen molar-refractivity contribution in [1.82, 2.24) is 5.32 Å². The molecule has 1 aromatic heterocycles. The lowest BCUT2D eigenvalue weighted by molar-refractivity contribution is -0.152. The highest BCUT2D eigenvalue weighted by atomic mass is 35.5. The van der Waals surface area contributed by atoms with Crippen LogP contribution in [0.3, 0.4) is 0 Å². The van der Waals surface area contributed by atoms with E-state index in [1.54, 1.807) is 32.0 Å². The highest BCUT2D eigenvalue weighted by molar-refractivity contribution is 7.10. The summed E-state index contributed by atoms with van der Waals surface area (Å²) < 4.78 is 10.8. The van der Waals surface area contributed by atoms with E-state index in [0.29, 0.717) is 51.0 Å². The molecule has 196 valence electrons. The number of ether oxygens (including phenoxy) is 2. The molecule has 2 heterocycles. The molecule has 0 unspecified atom stereocenters. The van der Waals surface area contributed by atoms with Gasteiger partial charge in [0.15, 0.2) is 5.78 Å². The summed E-state index contributed by atoms with van der Waals surface area (Å²) in [5.74, 6) is -3.86. The monoisotopic (exact) mass is 561 g/mol. The van der Waals surface area contributed by atoms with Crippen molar-refractivity contribution in [3.05, 3.63) is 78.7 Å². The minimum atomic E-state index is -1.06. The molecule has 0 radical (unpaired) electrons. The van der Waals surface area contributed by atoms with E-state index in [1.165, 1.54) is 11.3 Å². The molecular weight excluding hydrogens is 533 g/mol. The Hall–Kier alpha value is -2.61. The SMILES string of the molecule is CCCC1=C(C(=O)OCC)[C@@H](c2c(Cl)cccc2Cl)C2=C(C[C@H](c3cccs3)[C@H](C(=O)OCC)C2=O)N1. The van der Waals surface area contributed by atoms with Crippen LogP contribution in [0.2, 0.25) is 10.0 Å². The molecule has 1 N–H and O–H groups in total. The van der Waals surface area contributed by atoms with Crippen molar-refractivity contribution in [3.8, 4) is 0 Å². The van der Waals surface area contributed by atoms with Gasteiger partial charge in [0.1, 0.15) is 5.92 Å². The first-order valence-electron chi connectivity index (χ1n) is 12.4. The number of Topliss-reactive ketones (excluding diaryl/α,β-unsaturated/α-hetero) is 1. The molecule has 0 bridgehead atoms. The second kappa shape index (κ2) is 11.8. The first-order valence-corrected chi connectivity index (χ1v) is 14.1. The standard InChI is InChI=1S/C28H29Cl2NO5S/c1-4-9-18-24(28(34)36-6-3)25(22-16(29)10-7-11-17(22)30)23-19(31-18)14-15(20-12-8-13-37-20)21(26(23)32)27(33)35-5-2/h7-8,10-13,15,21,25,31H,4-6,9,14H2,1-3H3/t15-,21+,25+/m1/s1. The number of halogens is 2. The quantitative estimate of drug-likeness (QED) is 0.290. The number of ketones is 1. The number of rotatable bonds is 8. The molecule has 6 nitrogen and oxygen atoms in total. The van der Waals surface area contributed by atoms with Crippen LogP contribution in [0.5, 0.6) is 0 Å². The Labute approximate surface area is 230 Å². The van der Waals surface area contributed by atoms with Crippen molar-refractivity contribution in [1.29, 1.82) is 0 Å². The Balaban J connectivity index is 1.97. The number of hydrogen-bond acceptors (Lipinski definition) is 7. The normalized spacial score (nSPS) is 21.4. The van der Waals surface area contributed by atoms with E-state index in [1.807, 2.05) is 24.4 Å². The minimum Gasteiger partial charge on any atom is -0.465 e. The number of thiophene rings is 1. The third-order valence-electron chi connectivity index (χ3n) is 6.64. The summed E-state index contributed by atoms with van der Waals surface area (Å²) in [4.78, 5) is 41.9. The number of benzene rings is 1. The fraction of sp³-hybridized carbons (Fsp3) is 0.393. The highest BCUT2D eigenvalue weighted by Gasteiger charge is 2.50. The zero-order chi connectivity index (χ0) is 26.7. The molecule has 4 rings (SSSR count). The number of nitrogens with one attached hydrogen (secondary N) is 1. The fourth-order valence-electron chi connectivity index (χ4n) is 5.19. The molecule has 0 saturated heterocycles. The van der Waals surface area contributed by atoms with E-state index < -0.39 is 35.5 Å². The van der Waals surface area contributed by atoms with E-state index >= 15 is 0 Å². The van der Waals surface area contributed by atoms with Gasteiger partial charge in [-0.2, -0.15) is 0 Å². The lowest BCUT2D eigenvalue weighted by Crippen LogP contribution is -2.43. The molecule has 9 heteroatoms. The maximum absolute atomic E-state index is 14.3. The van der Waals surface area contributed by atoms with Gasteiger partial charge in [0, 0.05) is 43.4 Å². The Kier molecular flexibility index (Phi) is 8.78. The smallest absolute Gasteiger partial charge is 0.336 e. The maximum Gasteiger partial charge on any atom is 0.336 e. The van der Waals surface area contributed by atoms with E-state index in [0.717, 1.165) is 11.3 Å². The van der Waals surface area contributed by atoms with Gasteiger partial charge in [-0.15, -0.1) is 11.3 Å². The van der Waals surface area contributed by atoms with Crippen LogP contribution in [0.4, 0.5) is 0 Å². The van der Waals surface area contributed by atoms with Crippen LogP contribution in [0.1, 0.15) is 62.3 Å². The molecule has 0 amide bonds. The van der Waals surface area contributed by atoms with Gasteiger partial charge in [0.25, 0.3) is 0 Å². The second-order valence-electron chi connectivity index (χ2n) is 8.87. The average Bonchev–Trinajstić information content (AvgIpc) is 3.39. The topological polar surface area (TPSA) is 81.7 Å². The number of dihydropyridines is 1. The Morgan fingerprint density at radius 3 is 2.35 bits per heavy atom. The second-order valence-corrected chi connectivity index (χ2v) is 10.7. The molecule has 37 heavy (non-hydrogen) atoms. The van der Waals surface area contributed by atoms with Gasteiger partial charge >= 0.3 is 11.9 Å². The number of hydrogen-bond donors (Lipinski definition) is 1. The first-order chi connectivity index (χ1) is 17.8. The Morgan fingerprint density at radius 1 is 1.05 bits per heavy atom. The van der Waals surface area contributed by atoms with Crippen LogP contribution in [-0.2, 0) is 23.9 Å². The molecule has 0 spiro atoms. The highest BCUT2D eigenvalue weighted by Crippen LogP contribution is 2.51. The van der Waals surface area contributed by atoms with Crippen molar-refractivity contribution in [3.63, 3.8) is 0 Å². The summed E-state index contributed by atoms with van der Waals surface area (Å²) in [6, 6.07) is 8.90. The summed E-state index contributed by atoms with van der Waals surface area (Å²) in [6.45, 7) is 5.76. The zero-order valence-electron chi connectivity index (χ0n) is 20.9. The molecule has 1 aliphatic carbocycles. The number of carbonyl (C=O) groups excluding carboxylic acids is 3. The van der Waals surface area contributed by atoms with Crippen LogP contribution in [-0.4, -0.2) is 30.9 Å². The van der Waals surface area contributed by atoms with Crippen molar-refractivity contribution in [2.75, 3.05) is 13.2 Å². The summed E-state index contributed by atoms with van der Waals surface area (Å²) in [5.41, 5.74) is 2.39. The minimum absolute atomic E-state index is 0.151. The Bertz CT molecular complexity index is 1250. The van der Waals surface area contributed by atoms with Gasteiger partial charge < -0.3 is 14.8 Å². The summed E-state index contributed by atoms with van der Waals surface area (Å²) >= 11 is 14.8. The molecule has 1 aliphatic heterocycles. The van der Waals surface area contributed by atoms with Crippen molar-refractivity contribution < 1.29 is 23.9 Å². The van der Waals surface area contributed by atoms with Gasteiger partial charge in [-0.05, 0) is 50.3 Å². The molecule has 0 fully saturated rings. The van der Waals surface area contributed by atoms with E-state index in [-0.39, 0.29) is 13.2 Å².